The van der Waals surface area contributed by atoms with Crippen molar-refractivity contribution in [1.82, 2.24) is 19.6 Å². The highest BCUT2D eigenvalue weighted by Gasteiger charge is 2.30. The van der Waals surface area contributed by atoms with Gasteiger partial charge in [0.25, 0.3) is 11.5 Å². The molecule has 0 radical (unpaired) electrons. The number of likely N-dealkylation sites (tertiary alicyclic amines) is 1. The van der Waals surface area contributed by atoms with Gasteiger partial charge in [0.2, 0.25) is 0 Å². The highest BCUT2D eigenvalue weighted by atomic mass is 16.5. The molecule has 2 aromatic rings. The van der Waals surface area contributed by atoms with E-state index in [1.54, 1.807) is 12.1 Å². The average Bonchev–Trinajstić information content (AvgIpc) is 3.29. The standard InChI is InChI=1S/C18H22N4O3/c1-2-13-9-14(20-25-13)18(24)21-7-3-5-12(11-21)15-10-17(23)19-16-6-4-8-22(15)16/h9-10,12H,2-8,11H2,1H3/t12-/m1/s1. The monoisotopic (exact) mass is 342 g/mol. The molecule has 0 aliphatic carbocycles. The number of carbonyl (C=O) groups excluding carboxylic acids is 1. The summed E-state index contributed by atoms with van der Waals surface area (Å²) < 4.78 is 7.33. The van der Waals surface area contributed by atoms with E-state index < -0.39 is 0 Å². The molecule has 0 aromatic carbocycles. The van der Waals surface area contributed by atoms with Gasteiger partial charge in [-0.1, -0.05) is 12.1 Å². The first kappa shape index (κ1) is 16.1. The highest BCUT2D eigenvalue weighted by molar-refractivity contribution is 5.92. The summed E-state index contributed by atoms with van der Waals surface area (Å²) in [6.07, 6.45) is 4.50. The molecule has 7 heteroatoms. The van der Waals surface area contributed by atoms with E-state index in [0.29, 0.717) is 18.8 Å². The van der Waals surface area contributed by atoms with Crippen LogP contribution in [0.15, 0.2) is 21.5 Å². The fourth-order valence-electron chi connectivity index (χ4n) is 3.90. The molecular formula is C18H22N4O3. The normalized spacial score (nSPS) is 19.9. The summed E-state index contributed by atoms with van der Waals surface area (Å²) in [6.45, 7) is 4.20. The number of hydrogen-bond acceptors (Lipinski definition) is 5. The van der Waals surface area contributed by atoms with Crippen LogP contribution in [-0.2, 0) is 19.4 Å². The van der Waals surface area contributed by atoms with E-state index in [1.807, 2.05) is 11.8 Å². The quantitative estimate of drug-likeness (QED) is 0.849. The number of piperidine rings is 1. The first-order chi connectivity index (χ1) is 12.2. The van der Waals surface area contributed by atoms with Crippen LogP contribution in [0.2, 0.25) is 0 Å². The Morgan fingerprint density at radius 2 is 2.20 bits per heavy atom. The summed E-state index contributed by atoms with van der Waals surface area (Å²) >= 11 is 0. The molecule has 4 rings (SSSR count). The molecule has 0 bridgehead atoms. The third kappa shape index (κ3) is 2.99. The molecule has 0 unspecified atom stereocenters. The third-order valence-corrected chi connectivity index (χ3v) is 5.17. The Hall–Kier alpha value is -2.44. The van der Waals surface area contributed by atoms with E-state index in [-0.39, 0.29) is 17.4 Å². The molecule has 1 saturated heterocycles. The van der Waals surface area contributed by atoms with Crippen LogP contribution in [0.1, 0.15) is 59.9 Å². The van der Waals surface area contributed by atoms with Gasteiger partial charge in [0.1, 0.15) is 11.6 Å². The van der Waals surface area contributed by atoms with Crippen LogP contribution in [0.5, 0.6) is 0 Å². The fourth-order valence-corrected chi connectivity index (χ4v) is 3.90. The average molecular weight is 342 g/mol. The second-order valence-electron chi connectivity index (χ2n) is 6.81. The Morgan fingerprint density at radius 3 is 3.00 bits per heavy atom. The molecule has 25 heavy (non-hydrogen) atoms. The summed E-state index contributed by atoms with van der Waals surface area (Å²) in [5.41, 5.74) is 1.23. The molecular weight excluding hydrogens is 320 g/mol. The number of aryl methyl sites for hydroxylation is 2. The molecule has 2 aliphatic rings. The minimum atomic E-state index is -0.171. The predicted octanol–water partition coefficient (Wildman–Crippen LogP) is 1.76. The summed E-state index contributed by atoms with van der Waals surface area (Å²) in [5, 5.41) is 3.90. The van der Waals surface area contributed by atoms with Gasteiger partial charge in [-0.25, -0.2) is 0 Å². The number of rotatable bonds is 3. The van der Waals surface area contributed by atoms with Gasteiger partial charge >= 0.3 is 0 Å². The van der Waals surface area contributed by atoms with Crippen molar-refractivity contribution in [3.63, 3.8) is 0 Å². The van der Waals surface area contributed by atoms with Gasteiger partial charge in [0.05, 0.1) is 0 Å². The lowest BCUT2D eigenvalue weighted by molar-refractivity contribution is 0.0694. The van der Waals surface area contributed by atoms with E-state index in [0.717, 1.165) is 55.9 Å². The Balaban J connectivity index is 1.57. The van der Waals surface area contributed by atoms with Crippen LogP contribution in [0.4, 0.5) is 0 Å². The SMILES string of the molecule is CCc1cc(C(=O)N2CCC[C@@H](c3cc(=O)nc4n3CCC4)C2)no1. The summed E-state index contributed by atoms with van der Waals surface area (Å²) in [4.78, 5) is 30.6. The molecule has 0 saturated carbocycles. The molecule has 1 fully saturated rings. The smallest absolute Gasteiger partial charge is 0.276 e. The number of amides is 1. The van der Waals surface area contributed by atoms with Gasteiger partial charge in [-0.15, -0.1) is 0 Å². The maximum Gasteiger partial charge on any atom is 0.276 e. The lowest BCUT2D eigenvalue weighted by Crippen LogP contribution is -2.40. The largest absolute Gasteiger partial charge is 0.361 e. The van der Waals surface area contributed by atoms with Crippen molar-refractivity contribution < 1.29 is 9.32 Å². The molecule has 1 amide bonds. The van der Waals surface area contributed by atoms with Crippen molar-refractivity contribution in [2.45, 2.75) is 51.5 Å². The van der Waals surface area contributed by atoms with E-state index in [2.05, 4.69) is 14.7 Å². The van der Waals surface area contributed by atoms with Gasteiger partial charge in [0, 0.05) is 56.2 Å². The maximum atomic E-state index is 12.7. The van der Waals surface area contributed by atoms with E-state index in [1.165, 1.54) is 0 Å². The van der Waals surface area contributed by atoms with Gasteiger partial charge in [-0.2, -0.15) is 4.98 Å². The van der Waals surface area contributed by atoms with Crippen molar-refractivity contribution in [2.24, 2.45) is 0 Å². The number of aromatic nitrogens is 3. The second kappa shape index (κ2) is 6.46. The van der Waals surface area contributed by atoms with Crippen molar-refractivity contribution in [3.05, 3.63) is 45.5 Å². The predicted molar refractivity (Wildman–Crippen MR) is 90.6 cm³/mol. The zero-order chi connectivity index (χ0) is 17.4. The summed E-state index contributed by atoms with van der Waals surface area (Å²) in [5.74, 6) is 1.68. The first-order valence-corrected chi connectivity index (χ1v) is 9.01. The molecule has 2 aliphatic heterocycles. The molecule has 1 atom stereocenters. The minimum absolute atomic E-state index is 0.0915. The Kier molecular flexibility index (Phi) is 4.15. The Bertz CT molecular complexity index is 854. The lowest BCUT2D eigenvalue weighted by atomic mass is 9.94. The molecule has 2 aromatic heterocycles. The van der Waals surface area contributed by atoms with Crippen LogP contribution in [0.25, 0.3) is 0 Å². The lowest BCUT2D eigenvalue weighted by Gasteiger charge is -2.33. The van der Waals surface area contributed by atoms with Crippen LogP contribution < -0.4 is 5.56 Å². The van der Waals surface area contributed by atoms with E-state index in [4.69, 9.17) is 4.52 Å². The van der Waals surface area contributed by atoms with Crippen molar-refractivity contribution in [1.29, 1.82) is 0 Å². The van der Waals surface area contributed by atoms with Crippen LogP contribution in [0, 0.1) is 0 Å². The van der Waals surface area contributed by atoms with Crippen LogP contribution in [0.3, 0.4) is 0 Å². The van der Waals surface area contributed by atoms with E-state index >= 15 is 0 Å². The maximum absolute atomic E-state index is 12.7. The minimum Gasteiger partial charge on any atom is -0.361 e. The topological polar surface area (TPSA) is 81.2 Å². The zero-order valence-electron chi connectivity index (χ0n) is 14.4. The number of carbonyl (C=O) groups is 1. The number of nitrogens with zero attached hydrogens (tertiary/aromatic N) is 4. The Labute approximate surface area is 145 Å². The number of hydrogen-bond donors (Lipinski definition) is 0. The van der Waals surface area contributed by atoms with Gasteiger partial charge < -0.3 is 14.0 Å². The van der Waals surface area contributed by atoms with Gasteiger partial charge in [-0.05, 0) is 19.3 Å². The highest BCUT2D eigenvalue weighted by Crippen LogP contribution is 2.29. The molecule has 4 heterocycles. The Morgan fingerprint density at radius 1 is 1.32 bits per heavy atom. The van der Waals surface area contributed by atoms with Crippen molar-refractivity contribution in [3.8, 4) is 0 Å². The van der Waals surface area contributed by atoms with Crippen molar-refractivity contribution in [2.75, 3.05) is 13.1 Å². The summed E-state index contributed by atoms with van der Waals surface area (Å²) in [7, 11) is 0. The van der Waals surface area contributed by atoms with Crippen LogP contribution in [-0.4, -0.2) is 38.6 Å². The molecule has 132 valence electrons. The van der Waals surface area contributed by atoms with Gasteiger partial charge in [0.15, 0.2) is 5.69 Å². The number of fused-ring (bicyclic) bond motifs is 1. The zero-order valence-corrected chi connectivity index (χ0v) is 14.4. The molecule has 0 spiro atoms. The molecule has 7 nitrogen and oxygen atoms in total. The second-order valence-corrected chi connectivity index (χ2v) is 6.81. The van der Waals surface area contributed by atoms with E-state index in [9.17, 15) is 9.59 Å². The third-order valence-electron chi connectivity index (χ3n) is 5.17. The van der Waals surface area contributed by atoms with Crippen molar-refractivity contribution >= 4 is 5.91 Å². The molecule has 0 N–H and O–H groups in total. The van der Waals surface area contributed by atoms with Crippen LogP contribution >= 0.6 is 0 Å². The summed E-state index contributed by atoms with van der Waals surface area (Å²) in [6, 6.07) is 3.37. The van der Waals surface area contributed by atoms with Gasteiger partial charge in [-0.3, -0.25) is 9.59 Å². The fraction of sp³-hybridized carbons (Fsp3) is 0.556. The first-order valence-electron chi connectivity index (χ1n) is 9.01.